The zero-order valence-electron chi connectivity index (χ0n) is 27.5. The van der Waals surface area contributed by atoms with E-state index >= 15 is 0 Å². The molecular weight excluding hydrogens is 512 g/mol. The van der Waals surface area contributed by atoms with Gasteiger partial charge >= 0.3 is 0 Å². The summed E-state index contributed by atoms with van der Waals surface area (Å²) in [4.78, 5) is 0. The molecule has 0 saturated carbocycles. The van der Waals surface area contributed by atoms with Crippen molar-refractivity contribution in [2.45, 2.75) is 93.3 Å². The van der Waals surface area contributed by atoms with E-state index in [1.54, 1.807) is 0 Å². The van der Waals surface area contributed by atoms with Crippen LogP contribution in [0.25, 0.3) is 0 Å². The van der Waals surface area contributed by atoms with E-state index in [-0.39, 0.29) is 16.9 Å². The summed E-state index contributed by atoms with van der Waals surface area (Å²) in [6, 6.07) is 0. The van der Waals surface area contributed by atoms with Crippen molar-refractivity contribution >= 4 is 0 Å². The summed E-state index contributed by atoms with van der Waals surface area (Å²) in [5.74, 6) is 0. The topological polar surface area (TPSA) is 40.5 Å². The van der Waals surface area contributed by atoms with Crippen molar-refractivity contribution in [3.63, 3.8) is 0 Å². The van der Waals surface area contributed by atoms with Crippen LogP contribution in [0.2, 0.25) is 0 Å². The van der Waals surface area contributed by atoms with Gasteiger partial charge in [0.25, 0.3) is 0 Å². The Labute approximate surface area is 256 Å². The molecule has 0 aliphatic heterocycles. The monoisotopic (exact) mass is 566 g/mol. The lowest BCUT2D eigenvalue weighted by Crippen LogP contribution is -2.45. The maximum atomic E-state index is 11.2. The van der Waals surface area contributed by atoms with E-state index in [0.29, 0.717) is 0 Å². The molecule has 2 atom stereocenters. The summed E-state index contributed by atoms with van der Waals surface area (Å²) in [6.07, 6.45) is 35.2. The number of aliphatic hydroxyl groups excluding tert-OH is 1. The van der Waals surface area contributed by atoms with Crippen molar-refractivity contribution in [1.29, 1.82) is 0 Å². The zero-order chi connectivity index (χ0) is 31.6. The third kappa shape index (κ3) is 10.3. The van der Waals surface area contributed by atoms with Gasteiger partial charge in [-0.25, -0.2) is 0 Å². The molecule has 0 aromatic heterocycles. The second kappa shape index (κ2) is 15.3. The molecule has 2 nitrogen and oxygen atoms in total. The van der Waals surface area contributed by atoms with Gasteiger partial charge in [0.15, 0.2) is 0 Å². The molecule has 0 aromatic rings. The summed E-state index contributed by atoms with van der Waals surface area (Å²) in [6.45, 7) is 23.1. The summed E-state index contributed by atoms with van der Waals surface area (Å²) >= 11 is 0. The fourth-order valence-corrected chi connectivity index (χ4v) is 5.53. The van der Waals surface area contributed by atoms with E-state index in [9.17, 15) is 10.2 Å². The van der Waals surface area contributed by atoms with Crippen LogP contribution in [0.3, 0.4) is 0 Å². The molecule has 2 heteroatoms. The van der Waals surface area contributed by atoms with Gasteiger partial charge in [0.2, 0.25) is 0 Å². The van der Waals surface area contributed by atoms with Crippen LogP contribution in [0.5, 0.6) is 0 Å². The fraction of sp³-hybridized carbons (Fsp3) is 0.400. The summed E-state index contributed by atoms with van der Waals surface area (Å²) in [5.41, 5.74) is 6.62. The van der Waals surface area contributed by atoms with Gasteiger partial charge in [-0.1, -0.05) is 153 Å². The normalized spacial score (nSPS) is 26.4. The number of allylic oxidation sites excluding steroid dienone is 19. The lowest BCUT2D eigenvalue weighted by molar-refractivity contribution is 0.00918. The minimum atomic E-state index is -1.04. The van der Waals surface area contributed by atoms with Crippen LogP contribution in [0.1, 0.15) is 81.6 Å². The largest absolute Gasteiger partial charge is 0.393 e. The molecule has 2 aliphatic rings. The smallest absolute Gasteiger partial charge is 0.113 e. The average molecular weight is 567 g/mol. The Bertz CT molecular complexity index is 1320. The molecule has 0 heterocycles. The predicted molar refractivity (Wildman–Crippen MR) is 184 cm³/mol. The minimum Gasteiger partial charge on any atom is -0.393 e. The van der Waals surface area contributed by atoms with Gasteiger partial charge in [-0.2, -0.15) is 0 Å². The highest BCUT2D eigenvalue weighted by atomic mass is 16.3. The van der Waals surface area contributed by atoms with Crippen LogP contribution in [0, 0.1) is 10.8 Å². The molecule has 0 saturated heterocycles. The molecular formula is C40H54O2. The standard InChI is InChI=1S/C40H54O2/c1-30(18-13-20-32(3)23-24-37-34(5)28-36(41)29-38(37,7)8)16-11-12-17-31(2)19-14-21-33(4)25-27-40(42)35(6)22-15-26-39(40,9)10/h11-25,27,36,41-42H,6,26,28-29H2,1-5,7-10H3/b12-11+,18-13+,19-14+,24-23+,27-25+,30-16+,31-17+,32-20+,33-21+. The van der Waals surface area contributed by atoms with Crippen molar-refractivity contribution in [2.24, 2.45) is 10.8 Å². The molecule has 0 amide bonds. The first kappa shape index (κ1) is 35.0. The molecule has 0 radical (unpaired) electrons. The highest BCUT2D eigenvalue weighted by Crippen LogP contribution is 2.44. The predicted octanol–water partition coefficient (Wildman–Crippen LogP) is 10.3. The Kier molecular flexibility index (Phi) is 12.8. The SMILES string of the molecule is C=C1C=CCC(C)(C)C1(O)/C=C/C(C)=C/C=C/C(C)=C/C=C/C=C(C)/C=C/C=C(C)/C=C/C1=C(C)CC(O)CC1(C)C. The molecule has 2 rings (SSSR count). The molecule has 0 spiro atoms. The fourth-order valence-electron chi connectivity index (χ4n) is 5.53. The van der Waals surface area contributed by atoms with Crippen molar-refractivity contribution in [2.75, 3.05) is 0 Å². The van der Waals surface area contributed by atoms with Crippen molar-refractivity contribution in [1.82, 2.24) is 0 Å². The van der Waals surface area contributed by atoms with E-state index in [1.807, 2.05) is 37.3 Å². The van der Waals surface area contributed by atoms with Crippen molar-refractivity contribution < 1.29 is 10.2 Å². The third-order valence-corrected chi connectivity index (χ3v) is 8.31. The van der Waals surface area contributed by atoms with Gasteiger partial charge in [-0.3, -0.25) is 0 Å². The zero-order valence-corrected chi connectivity index (χ0v) is 27.5. The molecule has 0 bridgehead atoms. The number of hydrogen-bond donors (Lipinski definition) is 2. The summed E-state index contributed by atoms with van der Waals surface area (Å²) < 4.78 is 0. The minimum absolute atomic E-state index is 0.000203. The number of hydrogen-bond acceptors (Lipinski definition) is 2. The van der Waals surface area contributed by atoms with Crippen LogP contribution in [0.4, 0.5) is 0 Å². The number of rotatable bonds is 10. The van der Waals surface area contributed by atoms with Gasteiger partial charge in [0, 0.05) is 5.41 Å². The lowest BCUT2D eigenvalue weighted by atomic mass is 9.66. The quantitative estimate of drug-likeness (QED) is 0.258. The van der Waals surface area contributed by atoms with E-state index in [2.05, 4.69) is 129 Å². The maximum Gasteiger partial charge on any atom is 0.113 e. The first-order valence-corrected chi connectivity index (χ1v) is 15.1. The second-order valence-electron chi connectivity index (χ2n) is 13.3. The first-order valence-electron chi connectivity index (χ1n) is 15.1. The van der Waals surface area contributed by atoms with Gasteiger partial charge in [-0.05, 0) is 76.5 Å². The third-order valence-electron chi connectivity index (χ3n) is 8.31. The molecule has 226 valence electrons. The van der Waals surface area contributed by atoms with E-state index in [1.165, 1.54) is 22.3 Å². The Hall–Kier alpha value is -3.20. The van der Waals surface area contributed by atoms with Gasteiger partial charge < -0.3 is 10.2 Å². The van der Waals surface area contributed by atoms with Crippen molar-refractivity contribution in [3.8, 4) is 0 Å². The van der Waals surface area contributed by atoms with Gasteiger partial charge in [0.05, 0.1) is 6.10 Å². The van der Waals surface area contributed by atoms with Gasteiger partial charge in [-0.15, -0.1) is 0 Å². The number of aliphatic hydroxyl groups is 2. The Morgan fingerprint density at radius 2 is 1.31 bits per heavy atom. The van der Waals surface area contributed by atoms with Crippen LogP contribution < -0.4 is 0 Å². The molecule has 0 aromatic carbocycles. The molecule has 42 heavy (non-hydrogen) atoms. The summed E-state index contributed by atoms with van der Waals surface area (Å²) in [5, 5.41) is 21.3. The van der Waals surface area contributed by atoms with Gasteiger partial charge in [0.1, 0.15) is 5.60 Å². The van der Waals surface area contributed by atoms with E-state index in [0.717, 1.165) is 36.0 Å². The van der Waals surface area contributed by atoms with Crippen LogP contribution >= 0.6 is 0 Å². The molecule has 0 fully saturated rings. The second-order valence-corrected chi connectivity index (χ2v) is 13.3. The first-order chi connectivity index (χ1) is 19.6. The lowest BCUT2D eigenvalue weighted by Gasteiger charge is -2.43. The Morgan fingerprint density at radius 1 is 0.810 bits per heavy atom. The van der Waals surface area contributed by atoms with Crippen LogP contribution in [-0.2, 0) is 0 Å². The average Bonchev–Trinajstić information content (AvgIpc) is 2.87. The maximum absolute atomic E-state index is 11.2. The Morgan fingerprint density at radius 3 is 1.83 bits per heavy atom. The summed E-state index contributed by atoms with van der Waals surface area (Å²) in [7, 11) is 0. The molecule has 2 aliphatic carbocycles. The highest BCUT2D eigenvalue weighted by Gasteiger charge is 2.43. The molecule has 2 unspecified atom stereocenters. The highest BCUT2D eigenvalue weighted by molar-refractivity contribution is 5.41. The Balaban J connectivity index is 1.92. The molecule has 2 N–H and O–H groups in total. The van der Waals surface area contributed by atoms with E-state index in [4.69, 9.17) is 0 Å². The van der Waals surface area contributed by atoms with Crippen molar-refractivity contribution in [3.05, 3.63) is 143 Å². The van der Waals surface area contributed by atoms with E-state index < -0.39 is 5.60 Å². The van der Waals surface area contributed by atoms with Crippen LogP contribution in [0.15, 0.2) is 143 Å². The van der Waals surface area contributed by atoms with Crippen LogP contribution in [-0.4, -0.2) is 21.9 Å².